The van der Waals surface area contributed by atoms with E-state index in [1.807, 2.05) is 22.7 Å². The van der Waals surface area contributed by atoms with E-state index in [9.17, 15) is 0 Å². The van der Waals surface area contributed by atoms with E-state index < -0.39 is 0 Å². The third-order valence-electron chi connectivity index (χ3n) is 9.44. The molecule has 0 saturated heterocycles. The van der Waals surface area contributed by atoms with Crippen molar-refractivity contribution >= 4 is 84.6 Å². The highest BCUT2D eigenvalue weighted by atomic mass is 32.1. The fourth-order valence-electron chi connectivity index (χ4n) is 7.52. The van der Waals surface area contributed by atoms with Gasteiger partial charge in [-0.3, -0.25) is 0 Å². The van der Waals surface area contributed by atoms with Crippen molar-refractivity contribution in [2.45, 2.75) is 0 Å². The summed E-state index contributed by atoms with van der Waals surface area (Å²) in [5, 5.41) is 10.6. The average Bonchev–Trinajstić information content (AvgIpc) is 3.69. The van der Waals surface area contributed by atoms with Crippen LogP contribution in [0.25, 0.3) is 95.3 Å². The zero-order valence-electron chi connectivity index (χ0n) is 24.8. The first-order valence-corrected chi connectivity index (χ1v) is 17.3. The second kappa shape index (κ2) is 10.1. The number of fused-ring (bicyclic) bond motifs is 9. The summed E-state index contributed by atoms with van der Waals surface area (Å²) in [4.78, 5) is 0. The third-order valence-corrected chi connectivity index (χ3v) is 11.8. The number of rotatable bonds is 3. The van der Waals surface area contributed by atoms with Crippen molar-refractivity contribution in [2.24, 2.45) is 0 Å². The van der Waals surface area contributed by atoms with Crippen molar-refractivity contribution in [3.05, 3.63) is 158 Å². The molecule has 2 heteroatoms. The molecule has 0 unspecified atom stereocenters. The maximum absolute atomic E-state index is 2.45. The second-order valence-corrected chi connectivity index (χ2v) is 14.1. The van der Waals surface area contributed by atoms with Gasteiger partial charge in [0.1, 0.15) is 0 Å². The normalized spacial score (nSPS) is 11.9. The molecule has 0 nitrogen and oxygen atoms in total. The SMILES string of the molecule is c1ccc(-c2c3ccccc3c(-c3cccc(-c4cc5sc6ccccc6c5c5c4sc4ccccc45)c3)c3ccccc23)cc1. The molecule has 0 aliphatic heterocycles. The average molecular weight is 619 g/mol. The second-order valence-electron chi connectivity index (χ2n) is 12.0. The minimum absolute atomic E-state index is 1.25. The van der Waals surface area contributed by atoms with Gasteiger partial charge in [-0.25, -0.2) is 0 Å². The molecule has 0 radical (unpaired) electrons. The van der Waals surface area contributed by atoms with E-state index in [1.165, 1.54) is 95.3 Å². The van der Waals surface area contributed by atoms with Crippen molar-refractivity contribution in [3.8, 4) is 33.4 Å². The first-order chi connectivity index (χ1) is 22.8. The topological polar surface area (TPSA) is 0 Å². The molecular formula is C44H26S2. The van der Waals surface area contributed by atoms with Crippen molar-refractivity contribution in [1.29, 1.82) is 0 Å². The molecule has 0 atom stereocenters. The van der Waals surface area contributed by atoms with Crippen LogP contribution in [0.2, 0.25) is 0 Å². The third kappa shape index (κ3) is 3.78. The van der Waals surface area contributed by atoms with Crippen molar-refractivity contribution < 1.29 is 0 Å². The van der Waals surface area contributed by atoms with Crippen LogP contribution >= 0.6 is 22.7 Å². The molecule has 10 aromatic rings. The van der Waals surface area contributed by atoms with Gasteiger partial charge in [0.15, 0.2) is 0 Å². The molecule has 46 heavy (non-hydrogen) atoms. The van der Waals surface area contributed by atoms with Crippen LogP contribution in [0, 0.1) is 0 Å². The lowest BCUT2D eigenvalue weighted by molar-refractivity contribution is 1.64. The zero-order valence-corrected chi connectivity index (χ0v) is 26.5. The predicted octanol–water partition coefficient (Wildman–Crippen LogP) is 13.7. The summed E-state index contributed by atoms with van der Waals surface area (Å²) in [5.41, 5.74) is 7.66. The van der Waals surface area contributed by atoms with Crippen LogP contribution in [0.3, 0.4) is 0 Å². The standard InChI is InChI=1S/C44H26S2/c1-2-13-27(14-3-1)40-30-17-4-6-19-32(30)41(33-20-7-5-18-31(33)40)29-16-12-15-28(25-29)36-26-39-42(34-21-8-10-23-37(34)45-39)43-35-22-9-11-24-38(35)46-44(36)43/h1-26H. The Morgan fingerprint density at radius 3 is 1.43 bits per heavy atom. The summed E-state index contributed by atoms with van der Waals surface area (Å²) >= 11 is 3.83. The van der Waals surface area contributed by atoms with Crippen molar-refractivity contribution in [2.75, 3.05) is 0 Å². The molecule has 0 N–H and O–H groups in total. The molecule has 2 heterocycles. The summed E-state index contributed by atoms with van der Waals surface area (Å²) in [6.45, 7) is 0. The van der Waals surface area contributed by atoms with Gasteiger partial charge in [-0.05, 0) is 73.6 Å². The lowest BCUT2D eigenvalue weighted by Gasteiger charge is -2.18. The Morgan fingerprint density at radius 1 is 0.304 bits per heavy atom. The lowest BCUT2D eigenvalue weighted by atomic mass is 9.85. The van der Waals surface area contributed by atoms with Crippen LogP contribution in [0.1, 0.15) is 0 Å². The minimum Gasteiger partial charge on any atom is -0.135 e. The largest absolute Gasteiger partial charge is 0.135 e. The van der Waals surface area contributed by atoms with E-state index in [4.69, 9.17) is 0 Å². The summed E-state index contributed by atoms with van der Waals surface area (Å²) in [7, 11) is 0. The zero-order chi connectivity index (χ0) is 30.2. The van der Waals surface area contributed by atoms with Gasteiger partial charge in [0.2, 0.25) is 0 Å². The Morgan fingerprint density at radius 2 is 0.783 bits per heavy atom. The molecule has 8 aromatic carbocycles. The van der Waals surface area contributed by atoms with Crippen LogP contribution in [0.15, 0.2) is 158 Å². The highest BCUT2D eigenvalue weighted by molar-refractivity contribution is 7.28. The van der Waals surface area contributed by atoms with E-state index in [1.54, 1.807) is 0 Å². The molecular weight excluding hydrogens is 593 g/mol. The number of benzene rings is 8. The van der Waals surface area contributed by atoms with E-state index in [0.717, 1.165) is 0 Å². The number of thiophene rings is 2. The Balaban J connectivity index is 1.28. The smallest absolute Gasteiger partial charge is 0.0441 e. The monoisotopic (exact) mass is 618 g/mol. The van der Waals surface area contributed by atoms with E-state index >= 15 is 0 Å². The summed E-state index contributed by atoms with van der Waals surface area (Å²) in [6, 6.07) is 58.2. The van der Waals surface area contributed by atoms with Crippen molar-refractivity contribution in [3.63, 3.8) is 0 Å². The molecule has 10 rings (SSSR count). The fourth-order valence-corrected chi connectivity index (χ4v) is 9.92. The molecule has 0 aliphatic carbocycles. The molecule has 0 amide bonds. The molecule has 0 spiro atoms. The lowest BCUT2D eigenvalue weighted by Crippen LogP contribution is -1.91. The molecule has 0 bridgehead atoms. The van der Waals surface area contributed by atoms with Crippen LogP contribution < -0.4 is 0 Å². The van der Waals surface area contributed by atoms with Gasteiger partial charge in [0.05, 0.1) is 0 Å². The highest BCUT2D eigenvalue weighted by Gasteiger charge is 2.20. The molecule has 214 valence electrons. The van der Waals surface area contributed by atoms with Gasteiger partial charge in [0.25, 0.3) is 0 Å². The van der Waals surface area contributed by atoms with Crippen LogP contribution in [-0.4, -0.2) is 0 Å². The van der Waals surface area contributed by atoms with Gasteiger partial charge >= 0.3 is 0 Å². The van der Waals surface area contributed by atoms with Crippen LogP contribution in [0.5, 0.6) is 0 Å². The molecule has 0 saturated carbocycles. The van der Waals surface area contributed by atoms with Gasteiger partial charge in [0, 0.05) is 45.9 Å². The van der Waals surface area contributed by atoms with Gasteiger partial charge < -0.3 is 0 Å². The highest BCUT2D eigenvalue weighted by Crippen LogP contribution is 2.49. The minimum atomic E-state index is 1.25. The summed E-state index contributed by atoms with van der Waals surface area (Å²) in [6.07, 6.45) is 0. The van der Waals surface area contributed by atoms with E-state index in [0.29, 0.717) is 0 Å². The molecule has 0 fully saturated rings. The summed E-state index contributed by atoms with van der Waals surface area (Å²) in [5.74, 6) is 0. The van der Waals surface area contributed by atoms with Gasteiger partial charge in [-0.1, -0.05) is 133 Å². The Labute approximate surface area is 274 Å². The van der Waals surface area contributed by atoms with Crippen LogP contribution in [0.4, 0.5) is 0 Å². The molecule has 0 aliphatic rings. The fraction of sp³-hybridized carbons (Fsp3) is 0. The first-order valence-electron chi connectivity index (χ1n) is 15.7. The Kier molecular flexibility index (Phi) is 5.72. The van der Waals surface area contributed by atoms with Crippen LogP contribution in [-0.2, 0) is 0 Å². The predicted molar refractivity (Wildman–Crippen MR) is 204 cm³/mol. The van der Waals surface area contributed by atoms with Gasteiger partial charge in [-0.15, -0.1) is 22.7 Å². The van der Waals surface area contributed by atoms with E-state index in [-0.39, 0.29) is 0 Å². The summed E-state index contributed by atoms with van der Waals surface area (Å²) < 4.78 is 5.40. The first kappa shape index (κ1) is 26.0. The Hall–Kier alpha value is -5.28. The van der Waals surface area contributed by atoms with E-state index in [2.05, 4.69) is 158 Å². The maximum atomic E-state index is 2.45. The quantitative estimate of drug-likeness (QED) is 0.173. The maximum Gasteiger partial charge on any atom is 0.0441 e. The van der Waals surface area contributed by atoms with Crippen molar-refractivity contribution in [1.82, 2.24) is 0 Å². The number of hydrogen-bond donors (Lipinski definition) is 0. The Bertz CT molecular complexity index is 2740. The van der Waals surface area contributed by atoms with Gasteiger partial charge in [-0.2, -0.15) is 0 Å². The number of hydrogen-bond acceptors (Lipinski definition) is 2. The molecule has 2 aromatic heterocycles.